The molecule has 116 valence electrons. The summed E-state index contributed by atoms with van der Waals surface area (Å²) < 4.78 is 0. The average molecular weight is 288 g/mol. The van der Waals surface area contributed by atoms with E-state index in [9.17, 15) is 0 Å². The second-order valence-electron chi connectivity index (χ2n) is 6.07. The van der Waals surface area contributed by atoms with Crippen LogP contribution in [-0.4, -0.2) is 44.1 Å². The van der Waals surface area contributed by atoms with Gasteiger partial charge in [-0.15, -0.1) is 0 Å². The summed E-state index contributed by atoms with van der Waals surface area (Å²) in [5.74, 6) is 1.53. The molecule has 0 spiro atoms. The van der Waals surface area contributed by atoms with E-state index in [1.807, 2.05) is 7.05 Å². The van der Waals surface area contributed by atoms with Gasteiger partial charge in [0.15, 0.2) is 5.96 Å². The van der Waals surface area contributed by atoms with Crippen LogP contribution in [0.25, 0.3) is 0 Å². The first-order valence-corrected chi connectivity index (χ1v) is 7.92. The van der Waals surface area contributed by atoms with Crippen LogP contribution in [0.5, 0.6) is 0 Å². The molecule has 1 aromatic rings. The number of benzene rings is 1. The largest absolute Gasteiger partial charge is 0.356 e. The van der Waals surface area contributed by atoms with Crippen LogP contribution in [0.4, 0.5) is 0 Å². The number of hydrogen-bond acceptors (Lipinski definition) is 2. The van der Waals surface area contributed by atoms with Crippen LogP contribution in [0.2, 0.25) is 0 Å². The normalized spacial score (nSPS) is 15.9. The molecule has 21 heavy (non-hydrogen) atoms. The number of hydrogen-bond donors (Lipinski definition) is 2. The molecule has 0 unspecified atom stereocenters. The molecule has 2 rings (SSSR count). The highest BCUT2D eigenvalue weighted by Gasteiger charge is 2.14. The first-order valence-electron chi connectivity index (χ1n) is 7.92. The second kappa shape index (κ2) is 8.03. The van der Waals surface area contributed by atoms with Crippen LogP contribution in [-0.2, 0) is 13.0 Å². The number of nitrogens with zero attached hydrogens (tertiary/aromatic N) is 2. The summed E-state index contributed by atoms with van der Waals surface area (Å²) in [5.41, 5.74) is 2.99. The van der Waals surface area contributed by atoms with Gasteiger partial charge in [-0.3, -0.25) is 9.89 Å². The molecule has 4 nitrogen and oxygen atoms in total. The van der Waals surface area contributed by atoms with Gasteiger partial charge in [0.1, 0.15) is 0 Å². The first-order chi connectivity index (χ1) is 10.2. The predicted octanol–water partition coefficient (Wildman–Crippen LogP) is 1.87. The Kier molecular flexibility index (Phi) is 6.05. The Hall–Kier alpha value is -1.55. The molecule has 0 fully saturated rings. The Balaban J connectivity index is 1.72. The van der Waals surface area contributed by atoms with Gasteiger partial charge in [0.25, 0.3) is 0 Å². The fourth-order valence-corrected chi connectivity index (χ4v) is 2.60. The summed E-state index contributed by atoms with van der Waals surface area (Å²) in [6, 6.07) is 8.78. The van der Waals surface area contributed by atoms with Gasteiger partial charge in [-0.25, -0.2) is 0 Å². The van der Waals surface area contributed by atoms with E-state index in [4.69, 9.17) is 0 Å². The van der Waals surface area contributed by atoms with Gasteiger partial charge in [-0.1, -0.05) is 38.1 Å². The van der Waals surface area contributed by atoms with Crippen molar-refractivity contribution >= 4 is 5.96 Å². The number of guanidine groups is 1. The van der Waals surface area contributed by atoms with Crippen molar-refractivity contribution in [1.29, 1.82) is 0 Å². The molecule has 1 aliphatic heterocycles. The molecule has 1 heterocycles. The monoisotopic (exact) mass is 288 g/mol. The molecule has 0 saturated heterocycles. The SMILES string of the molecule is CN=C(NCCN1CCc2ccccc2C1)NCC(C)C. The summed E-state index contributed by atoms with van der Waals surface area (Å²) in [5, 5.41) is 6.74. The number of fused-ring (bicyclic) bond motifs is 1. The lowest BCUT2D eigenvalue weighted by molar-refractivity contribution is 0.258. The van der Waals surface area contributed by atoms with E-state index in [-0.39, 0.29) is 0 Å². The molecule has 1 aliphatic rings. The van der Waals surface area contributed by atoms with E-state index in [1.165, 1.54) is 11.1 Å². The van der Waals surface area contributed by atoms with Gasteiger partial charge in [0.05, 0.1) is 0 Å². The molecule has 0 amide bonds. The van der Waals surface area contributed by atoms with E-state index in [1.54, 1.807) is 0 Å². The molecule has 0 aliphatic carbocycles. The van der Waals surface area contributed by atoms with E-state index in [0.717, 1.165) is 45.1 Å². The summed E-state index contributed by atoms with van der Waals surface area (Å²) in [7, 11) is 1.83. The Morgan fingerprint density at radius 2 is 2.00 bits per heavy atom. The Bertz CT molecular complexity index is 468. The second-order valence-corrected chi connectivity index (χ2v) is 6.07. The Labute approximate surface area is 128 Å². The minimum absolute atomic E-state index is 0.627. The number of aliphatic imine (C=N–C) groups is 1. The van der Waals surface area contributed by atoms with Crippen molar-refractivity contribution in [2.24, 2.45) is 10.9 Å². The van der Waals surface area contributed by atoms with E-state index in [2.05, 4.69) is 58.6 Å². The zero-order valence-electron chi connectivity index (χ0n) is 13.5. The van der Waals surface area contributed by atoms with Gasteiger partial charge in [-0.2, -0.15) is 0 Å². The average Bonchev–Trinajstić information content (AvgIpc) is 2.50. The van der Waals surface area contributed by atoms with Crippen molar-refractivity contribution in [2.45, 2.75) is 26.8 Å². The summed E-state index contributed by atoms with van der Waals surface area (Å²) in [6.45, 7) is 9.55. The van der Waals surface area contributed by atoms with Crippen molar-refractivity contribution < 1.29 is 0 Å². The van der Waals surface area contributed by atoms with Crippen molar-refractivity contribution in [3.8, 4) is 0 Å². The maximum atomic E-state index is 4.25. The smallest absolute Gasteiger partial charge is 0.191 e. The molecule has 0 atom stereocenters. The third kappa shape index (κ3) is 5.05. The zero-order valence-corrected chi connectivity index (χ0v) is 13.5. The minimum atomic E-state index is 0.627. The summed E-state index contributed by atoms with van der Waals surface area (Å²) in [6.07, 6.45) is 1.16. The van der Waals surface area contributed by atoms with Gasteiger partial charge >= 0.3 is 0 Å². The van der Waals surface area contributed by atoms with Gasteiger partial charge in [0, 0.05) is 39.8 Å². The van der Waals surface area contributed by atoms with Gasteiger partial charge in [-0.05, 0) is 23.5 Å². The van der Waals surface area contributed by atoms with Crippen LogP contribution in [0.1, 0.15) is 25.0 Å². The highest BCUT2D eigenvalue weighted by Crippen LogP contribution is 2.17. The molecule has 0 saturated carbocycles. The molecule has 0 bridgehead atoms. The quantitative estimate of drug-likeness (QED) is 0.642. The molecule has 0 aromatic heterocycles. The van der Waals surface area contributed by atoms with Crippen LogP contribution >= 0.6 is 0 Å². The summed E-state index contributed by atoms with van der Waals surface area (Å²) in [4.78, 5) is 6.76. The molecule has 0 radical (unpaired) electrons. The van der Waals surface area contributed by atoms with E-state index >= 15 is 0 Å². The third-order valence-corrected chi connectivity index (χ3v) is 3.83. The van der Waals surface area contributed by atoms with Crippen molar-refractivity contribution in [2.75, 3.05) is 33.2 Å². The van der Waals surface area contributed by atoms with Crippen molar-refractivity contribution in [3.05, 3.63) is 35.4 Å². The van der Waals surface area contributed by atoms with E-state index < -0.39 is 0 Å². The third-order valence-electron chi connectivity index (χ3n) is 3.83. The fourth-order valence-electron chi connectivity index (χ4n) is 2.60. The Morgan fingerprint density at radius 3 is 2.71 bits per heavy atom. The lowest BCUT2D eigenvalue weighted by Crippen LogP contribution is -2.43. The van der Waals surface area contributed by atoms with Crippen LogP contribution in [0, 0.1) is 5.92 Å². The zero-order chi connectivity index (χ0) is 15.1. The lowest BCUT2D eigenvalue weighted by Gasteiger charge is -2.28. The van der Waals surface area contributed by atoms with Crippen LogP contribution in [0.3, 0.4) is 0 Å². The molecular weight excluding hydrogens is 260 g/mol. The molecule has 4 heteroatoms. The molecule has 1 aromatic carbocycles. The minimum Gasteiger partial charge on any atom is -0.356 e. The molecule has 2 N–H and O–H groups in total. The number of rotatable bonds is 5. The standard InChI is InChI=1S/C17H28N4/c1-14(2)12-20-17(18-3)19-9-11-21-10-8-15-6-4-5-7-16(15)13-21/h4-7,14H,8-13H2,1-3H3,(H2,18,19,20). The highest BCUT2D eigenvalue weighted by molar-refractivity contribution is 5.79. The fraction of sp³-hybridized carbons (Fsp3) is 0.588. The Morgan fingerprint density at radius 1 is 1.24 bits per heavy atom. The van der Waals surface area contributed by atoms with Gasteiger partial charge in [0.2, 0.25) is 0 Å². The van der Waals surface area contributed by atoms with E-state index in [0.29, 0.717) is 5.92 Å². The predicted molar refractivity (Wildman–Crippen MR) is 89.6 cm³/mol. The maximum Gasteiger partial charge on any atom is 0.191 e. The van der Waals surface area contributed by atoms with Gasteiger partial charge < -0.3 is 10.6 Å². The van der Waals surface area contributed by atoms with Crippen molar-refractivity contribution in [1.82, 2.24) is 15.5 Å². The maximum absolute atomic E-state index is 4.25. The highest BCUT2D eigenvalue weighted by atomic mass is 15.2. The first kappa shape index (κ1) is 15.8. The van der Waals surface area contributed by atoms with Crippen molar-refractivity contribution in [3.63, 3.8) is 0 Å². The molecular formula is C17H28N4. The lowest BCUT2D eigenvalue weighted by atomic mass is 10.00. The number of nitrogens with one attached hydrogen (secondary N) is 2. The summed E-state index contributed by atoms with van der Waals surface area (Å²) >= 11 is 0. The van der Waals surface area contributed by atoms with Crippen LogP contribution in [0.15, 0.2) is 29.3 Å². The topological polar surface area (TPSA) is 39.7 Å². The van der Waals surface area contributed by atoms with Crippen LogP contribution < -0.4 is 10.6 Å².